The Kier molecular flexibility index (Phi) is 2.38. The molecule has 2 N–H and O–H groups in total. The molecule has 70 valence electrons. The van der Waals surface area contributed by atoms with Crippen molar-refractivity contribution in [1.82, 2.24) is 0 Å². The lowest BCUT2D eigenvalue weighted by atomic mass is 10.2. The van der Waals surface area contributed by atoms with E-state index >= 15 is 0 Å². The second-order valence-corrected chi connectivity index (χ2v) is 4.84. The molecule has 0 saturated carbocycles. The highest BCUT2D eigenvalue weighted by molar-refractivity contribution is 7.91. The summed E-state index contributed by atoms with van der Waals surface area (Å²) in [7, 11) is -2.82. The molecule has 0 spiro atoms. The van der Waals surface area contributed by atoms with Crippen LogP contribution in [0.1, 0.15) is 10.4 Å². The van der Waals surface area contributed by atoms with Crippen molar-refractivity contribution in [3.8, 4) is 0 Å². The van der Waals surface area contributed by atoms with E-state index < -0.39 is 15.7 Å². The molecule has 0 aliphatic rings. The largest absolute Gasteiger partial charge is 0.478 e. The lowest BCUT2D eigenvalue weighted by Gasteiger charge is -2.01. The first kappa shape index (κ1) is 9.73. The van der Waals surface area contributed by atoms with Crippen LogP contribution >= 0.6 is 0 Å². The van der Waals surface area contributed by atoms with Crippen LogP contribution in [0.2, 0.25) is 0 Å². The minimum absolute atomic E-state index is 0.0549. The van der Waals surface area contributed by atoms with Gasteiger partial charge in [0, 0.05) is 11.2 Å². The van der Waals surface area contributed by atoms with Crippen molar-refractivity contribution in [2.45, 2.75) is 4.90 Å². The quantitative estimate of drug-likeness (QED) is 0.756. The Morgan fingerprint density at radius 1 is 1.54 bits per heavy atom. The Hall–Kier alpha value is -1.36. The number of aromatic carboxylic acids is 1. The number of nitrogens with one attached hydrogen (secondary N) is 1. The van der Waals surface area contributed by atoms with Crippen molar-refractivity contribution in [1.29, 1.82) is 4.78 Å². The first-order valence-corrected chi connectivity index (χ1v) is 5.45. The predicted molar refractivity (Wildman–Crippen MR) is 48.5 cm³/mol. The first-order chi connectivity index (χ1) is 5.91. The summed E-state index contributed by atoms with van der Waals surface area (Å²) >= 11 is 0. The topological polar surface area (TPSA) is 78.2 Å². The molecule has 0 saturated heterocycles. The van der Waals surface area contributed by atoms with Gasteiger partial charge in [0.1, 0.15) is 0 Å². The maximum Gasteiger partial charge on any atom is 0.335 e. The third-order valence-electron chi connectivity index (χ3n) is 1.53. The third kappa shape index (κ3) is 2.29. The fraction of sp³-hybridized carbons (Fsp3) is 0.125. The molecule has 1 aromatic rings. The number of carboxylic acid groups (broad SMARTS) is 1. The molecule has 0 aliphatic carbocycles. The molecule has 0 unspecified atom stereocenters. The van der Waals surface area contributed by atoms with E-state index in [-0.39, 0.29) is 10.5 Å². The second kappa shape index (κ2) is 3.18. The number of carboxylic acids is 1. The summed E-state index contributed by atoms with van der Waals surface area (Å²) in [4.78, 5) is 10.8. The van der Waals surface area contributed by atoms with E-state index in [1.54, 1.807) is 0 Å². The lowest BCUT2D eigenvalue weighted by Crippen LogP contribution is -2.00. The summed E-state index contributed by atoms with van der Waals surface area (Å²) < 4.78 is 18.5. The predicted octanol–water partition coefficient (Wildman–Crippen LogP) is 1.42. The Bertz CT molecular complexity index is 436. The fourth-order valence-corrected chi connectivity index (χ4v) is 1.56. The fourth-order valence-electron chi connectivity index (χ4n) is 0.871. The highest BCUT2D eigenvalue weighted by Crippen LogP contribution is 2.11. The van der Waals surface area contributed by atoms with Crippen LogP contribution in [-0.2, 0) is 9.73 Å². The molecule has 0 heterocycles. The van der Waals surface area contributed by atoms with Crippen molar-refractivity contribution in [2.24, 2.45) is 0 Å². The van der Waals surface area contributed by atoms with Crippen LogP contribution in [0.5, 0.6) is 0 Å². The highest BCUT2D eigenvalue weighted by atomic mass is 32.2. The molecule has 13 heavy (non-hydrogen) atoms. The smallest absolute Gasteiger partial charge is 0.335 e. The Balaban J connectivity index is 3.29. The molecule has 0 bridgehead atoms. The standard InChI is InChI=1S/C8H9NO3S/c1-13(9,12)7-4-2-3-6(5-7)8(10)11/h2-5,9H,1H3,(H,10,11)/t13-/m1/s1. The average Bonchev–Trinajstić information content (AvgIpc) is 2.03. The number of benzene rings is 1. The monoisotopic (exact) mass is 199 g/mol. The van der Waals surface area contributed by atoms with Gasteiger partial charge in [0.05, 0.1) is 15.3 Å². The highest BCUT2D eigenvalue weighted by Gasteiger charge is 2.07. The summed E-state index contributed by atoms with van der Waals surface area (Å²) in [6.45, 7) is 0. The van der Waals surface area contributed by atoms with Crippen molar-refractivity contribution in [2.75, 3.05) is 6.26 Å². The van der Waals surface area contributed by atoms with E-state index in [1.165, 1.54) is 30.5 Å². The van der Waals surface area contributed by atoms with Gasteiger partial charge >= 0.3 is 5.97 Å². The van der Waals surface area contributed by atoms with Gasteiger partial charge in [-0.15, -0.1) is 0 Å². The molecule has 1 atom stereocenters. The van der Waals surface area contributed by atoms with E-state index in [0.717, 1.165) is 0 Å². The van der Waals surface area contributed by atoms with Gasteiger partial charge in [-0.25, -0.2) is 13.8 Å². The normalized spacial score (nSPS) is 14.8. The van der Waals surface area contributed by atoms with Crippen molar-refractivity contribution < 1.29 is 14.1 Å². The van der Waals surface area contributed by atoms with E-state index in [4.69, 9.17) is 9.89 Å². The van der Waals surface area contributed by atoms with E-state index in [0.29, 0.717) is 0 Å². The van der Waals surface area contributed by atoms with Gasteiger partial charge in [-0.05, 0) is 18.2 Å². The molecule has 0 aromatic heterocycles. The van der Waals surface area contributed by atoms with Gasteiger partial charge in [-0.1, -0.05) is 6.07 Å². The average molecular weight is 199 g/mol. The Morgan fingerprint density at radius 2 is 2.15 bits per heavy atom. The molecule has 5 heteroatoms. The molecule has 0 aliphatic heterocycles. The maximum absolute atomic E-state index is 11.2. The zero-order valence-electron chi connectivity index (χ0n) is 6.98. The molecule has 1 rings (SSSR count). The van der Waals surface area contributed by atoms with Crippen LogP contribution in [0.25, 0.3) is 0 Å². The zero-order valence-corrected chi connectivity index (χ0v) is 7.80. The minimum atomic E-state index is -2.82. The molecule has 4 nitrogen and oxygen atoms in total. The van der Waals surface area contributed by atoms with Crippen LogP contribution in [0.15, 0.2) is 29.2 Å². The lowest BCUT2D eigenvalue weighted by molar-refractivity contribution is 0.0696. The van der Waals surface area contributed by atoms with Gasteiger partial charge in [0.2, 0.25) is 0 Å². The number of hydrogen-bond donors (Lipinski definition) is 2. The molecule has 0 fully saturated rings. The van der Waals surface area contributed by atoms with Gasteiger partial charge < -0.3 is 5.11 Å². The zero-order chi connectivity index (χ0) is 10.1. The summed E-state index contributed by atoms with van der Waals surface area (Å²) in [5.41, 5.74) is 0.0549. The summed E-state index contributed by atoms with van der Waals surface area (Å²) in [6, 6.07) is 5.63. The summed E-state index contributed by atoms with van der Waals surface area (Å²) in [6.07, 6.45) is 1.26. The number of rotatable bonds is 2. The second-order valence-electron chi connectivity index (χ2n) is 2.68. The van der Waals surface area contributed by atoms with Crippen LogP contribution in [-0.4, -0.2) is 21.5 Å². The van der Waals surface area contributed by atoms with Gasteiger partial charge in [0.15, 0.2) is 0 Å². The van der Waals surface area contributed by atoms with E-state index in [9.17, 15) is 9.00 Å². The van der Waals surface area contributed by atoms with Gasteiger partial charge in [-0.3, -0.25) is 0 Å². The van der Waals surface area contributed by atoms with E-state index in [2.05, 4.69) is 0 Å². The number of carbonyl (C=O) groups is 1. The van der Waals surface area contributed by atoms with Crippen LogP contribution in [0, 0.1) is 4.78 Å². The molecule has 0 amide bonds. The third-order valence-corrected chi connectivity index (χ3v) is 2.68. The molecule has 0 radical (unpaired) electrons. The maximum atomic E-state index is 11.2. The van der Waals surface area contributed by atoms with Crippen molar-refractivity contribution in [3.05, 3.63) is 29.8 Å². The Morgan fingerprint density at radius 3 is 2.62 bits per heavy atom. The SMILES string of the molecule is C[S@@](=N)(=O)c1cccc(C(=O)O)c1. The van der Waals surface area contributed by atoms with Crippen molar-refractivity contribution in [3.63, 3.8) is 0 Å². The summed E-state index contributed by atoms with van der Waals surface area (Å²) in [5, 5.41) is 8.62. The van der Waals surface area contributed by atoms with Gasteiger partial charge in [-0.2, -0.15) is 0 Å². The Labute approximate surface area is 76.2 Å². The van der Waals surface area contributed by atoms with Gasteiger partial charge in [0.25, 0.3) is 0 Å². The molecular weight excluding hydrogens is 190 g/mol. The van der Waals surface area contributed by atoms with Crippen LogP contribution in [0.3, 0.4) is 0 Å². The van der Waals surface area contributed by atoms with Crippen LogP contribution in [0.4, 0.5) is 0 Å². The summed E-state index contributed by atoms with van der Waals surface area (Å²) in [5.74, 6) is -1.08. The minimum Gasteiger partial charge on any atom is -0.478 e. The molecular formula is C8H9NO3S. The first-order valence-electron chi connectivity index (χ1n) is 3.48. The number of hydrogen-bond acceptors (Lipinski definition) is 3. The van der Waals surface area contributed by atoms with Crippen molar-refractivity contribution >= 4 is 15.7 Å². The van der Waals surface area contributed by atoms with E-state index in [1.807, 2.05) is 0 Å². The molecule has 1 aromatic carbocycles. The van der Waals surface area contributed by atoms with Crippen LogP contribution < -0.4 is 0 Å².